The average molecular weight is 280 g/mol. The van der Waals surface area contributed by atoms with Gasteiger partial charge in [0.25, 0.3) is 0 Å². The molecule has 0 aliphatic heterocycles. The molecule has 0 spiro atoms. The second-order valence-corrected chi connectivity index (χ2v) is 7.73. The molecule has 2 N–H and O–H groups in total. The van der Waals surface area contributed by atoms with Crippen LogP contribution in [0.5, 0.6) is 0 Å². The van der Waals surface area contributed by atoms with Crippen molar-refractivity contribution in [2.45, 2.75) is 95.7 Å². The summed E-state index contributed by atoms with van der Waals surface area (Å²) in [5.41, 5.74) is 0.0541. The molecular weight excluding hydrogens is 248 g/mol. The normalized spacial score (nSPS) is 36.9. The Balaban J connectivity index is 1.87. The molecule has 2 heteroatoms. The molecule has 0 radical (unpaired) electrons. The summed E-state index contributed by atoms with van der Waals surface area (Å²) in [6.45, 7) is 0. The number of rotatable bonds is 2. The fourth-order valence-electron chi connectivity index (χ4n) is 5.76. The lowest BCUT2D eigenvalue weighted by atomic mass is 9.52. The highest BCUT2D eigenvalue weighted by molar-refractivity contribution is 5.02. The van der Waals surface area contributed by atoms with Crippen molar-refractivity contribution in [3.63, 3.8) is 0 Å². The maximum atomic E-state index is 10.9. The second-order valence-electron chi connectivity index (χ2n) is 7.73. The Labute approximate surface area is 124 Å². The molecule has 0 saturated heterocycles. The van der Waals surface area contributed by atoms with Crippen LogP contribution < -0.4 is 0 Å². The van der Waals surface area contributed by atoms with Crippen molar-refractivity contribution in [1.29, 1.82) is 0 Å². The van der Waals surface area contributed by atoms with Crippen molar-refractivity contribution in [2.75, 3.05) is 0 Å². The fourth-order valence-corrected chi connectivity index (χ4v) is 5.76. The zero-order valence-corrected chi connectivity index (χ0v) is 12.9. The van der Waals surface area contributed by atoms with Crippen LogP contribution in [0.3, 0.4) is 0 Å². The first-order valence-electron chi connectivity index (χ1n) is 9.09. The van der Waals surface area contributed by atoms with E-state index in [1.165, 1.54) is 64.2 Å². The Morgan fingerprint density at radius 2 is 1.10 bits per heavy atom. The minimum absolute atomic E-state index is 0.0541. The van der Waals surface area contributed by atoms with Gasteiger partial charge in [-0.05, 0) is 56.8 Å². The third-order valence-electron chi connectivity index (χ3n) is 6.71. The number of aliphatic hydroxyl groups excluding tert-OH is 2. The van der Waals surface area contributed by atoms with E-state index in [0.717, 1.165) is 19.3 Å². The van der Waals surface area contributed by atoms with Gasteiger partial charge in [0, 0.05) is 5.41 Å². The minimum atomic E-state index is -0.165. The molecule has 3 aliphatic carbocycles. The SMILES string of the molecule is OC1CCC(O)C(C2CCCCC2)(C2CCCCC2)C1. The van der Waals surface area contributed by atoms with Gasteiger partial charge in [-0.25, -0.2) is 0 Å². The van der Waals surface area contributed by atoms with Crippen molar-refractivity contribution >= 4 is 0 Å². The Morgan fingerprint density at radius 3 is 1.60 bits per heavy atom. The van der Waals surface area contributed by atoms with Crippen LogP contribution in [-0.2, 0) is 0 Å². The van der Waals surface area contributed by atoms with Gasteiger partial charge in [-0.2, -0.15) is 0 Å². The van der Waals surface area contributed by atoms with Gasteiger partial charge < -0.3 is 10.2 Å². The number of hydrogen-bond acceptors (Lipinski definition) is 2. The van der Waals surface area contributed by atoms with E-state index in [-0.39, 0.29) is 17.6 Å². The first kappa shape index (κ1) is 14.8. The van der Waals surface area contributed by atoms with Crippen molar-refractivity contribution < 1.29 is 10.2 Å². The summed E-state index contributed by atoms with van der Waals surface area (Å²) >= 11 is 0. The van der Waals surface area contributed by atoms with Crippen LogP contribution in [0.2, 0.25) is 0 Å². The summed E-state index contributed by atoms with van der Waals surface area (Å²) in [7, 11) is 0. The van der Waals surface area contributed by atoms with E-state index in [0.29, 0.717) is 11.8 Å². The standard InChI is InChI=1S/C18H32O2/c19-16-11-12-17(20)18(13-16,14-7-3-1-4-8-14)15-9-5-2-6-10-15/h14-17,19-20H,1-13H2. The van der Waals surface area contributed by atoms with E-state index < -0.39 is 0 Å². The van der Waals surface area contributed by atoms with Gasteiger partial charge >= 0.3 is 0 Å². The molecule has 3 aliphatic rings. The van der Waals surface area contributed by atoms with Gasteiger partial charge in [-0.3, -0.25) is 0 Å². The Hall–Kier alpha value is -0.0800. The lowest BCUT2D eigenvalue weighted by Gasteiger charge is -2.55. The molecule has 0 aromatic carbocycles. The van der Waals surface area contributed by atoms with Gasteiger partial charge in [0.15, 0.2) is 0 Å². The van der Waals surface area contributed by atoms with Crippen molar-refractivity contribution in [3.8, 4) is 0 Å². The lowest BCUT2D eigenvalue weighted by molar-refractivity contribution is -0.139. The van der Waals surface area contributed by atoms with Gasteiger partial charge in [0.05, 0.1) is 12.2 Å². The topological polar surface area (TPSA) is 40.5 Å². The number of aliphatic hydroxyl groups is 2. The monoisotopic (exact) mass is 280 g/mol. The first-order valence-corrected chi connectivity index (χ1v) is 9.09. The fraction of sp³-hybridized carbons (Fsp3) is 1.00. The summed E-state index contributed by atoms with van der Waals surface area (Å²) in [4.78, 5) is 0. The van der Waals surface area contributed by atoms with Crippen LogP contribution in [0.4, 0.5) is 0 Å². The molecular formula is C18H32O2. The first-order chi connectivity index (χ1) is 9.73. The molecule has 2 nitrogen and oxygen atoms in total. The molecule has 20 heavy (non-hydrogen) atoms. The van der Waals surface area contributed by atoms with E-state index in [4.69, 9.17) is 0 Å². The summed E-state index contributed by atoms with van der Waals surface area (Å²) in [6.07, 6.45) is 15.4. The van der Waals surface area contributed by atoms with Gasteiger partial charge in [-0.1, -0.05) is 38.5 Å². The van der Waals surface area contributed by atoms with Gasteiger partial charge in [0.2, 0.25) is 0 Å². The van der Waals surface area contributed by atoms with E-state index in [1.54, 1.807) is 0 Å². The molecule has 0 aromatic rings. The zero-order valence-electron chi connectivity index (χ0n) is 12.9. The van der Waals surface area contributed by atoms with Crippen LogP contribution in [0.15, 0.2) is 0 Å². The van der Waals surface area contributed by atoms with Gasteiger partial charge in [-0.15, -0.1) is 0 Å². The van der Waals surface area contributed by atoms with Crippen molar-refractivity contribution in [3.05, 3.63) is 0 Å². The van der Waals surface area contributed by atoms with Crippen LogP contribution >= 0.6 is 0 Å². The van der Waals surface area contributed by atoms with Crippen molar-refractivity contribution in [1.82, 2.24) is 0 Å². The summed E-state index contributed by atoms with van der Waals surface area (Å²) in [5, 5.41) is 21.2. The van der Waals surface area contributed by atoms with Crippen molar-refractivity contribution in [2.24, 2.45) is 17.3 Å². The molecule has 0 heterocycles. The summed E-state index contributed by atoms with van der Waals surface area (Å²) in [5.74, 6) is 1.34. The predicted molar refractivity (Wildman–Crippen MR) is 81.4 cm³/mol. The molecule has 0 aromatic heterocycles. The minimum Gasteiger partial charge on any atom is -0.393 e. The average Bonchev–Trinajstić information content (AvgIpc) is 2.51. The molecule has 3 rings (SSSR count). The summed E-state index contributed by atoms with van der Waals surface area (Å²) < 4.78 is 0. The molecule has 0 bridgehead atoms. The van der Waals surface area contributed by atoms with Crippen LogP contribution in [0.1, 0.15) is 83.5 Å². The van der Waals surface area contributed by atoms with E-state index in [9.17, 15) is 10.2 Å². The summed E-state index contributed by atoms with van der Waals surface area (Å²) in [6, 6.07) is 0. The molecule has 3 saturated carbocycles. The molecule has 3 fully saturated rings. The molecule has 2 atom stereocenters. The highest BCUT2D eigenvalue weighted by Gasteiger charge is 2.52. The maximum Gasteiger partial charge on any atom is 0.0603 e. The van der Waals surface area contributed by atoms with E-state index in [1.807, 2.05) is 0 Å². The second kappa shape index (κ2) is 6.36. The quantitative estimate of drug-likeness (QED) is 0.801. The van der Waals surface area contributed by atoms with Gasteiger partial charge in [0.1, 0.15) is 0 Å². The lowest BCUT2D eigenvalue weighted by Crippen LogP contribution is -2.53. The number of hydrogen-bond donors (Lipinski definition) is 2. The maximum absolute atomic E-state index is 10.9. The highest BCUT2D eigenvalue weighted by Crippen LogP contribution is 2.56. The van der Waals surface area contributed by atoms with Crippen LogP contribution in [-0.4, -0.2) is 22.4 Å². The smallest absolute Gasteiger partial charge is 0.0603 e. The zero-order chi connectivity index (χ0) is 14.0. The Morgan fingerprint density at radius 1 is 0.600 bits per heavy atom. The molecule has 2 unspecified atom stereocenters. The van der Waals surface area contributed by atoms with Crippen LogP contribution in [0.25, 0.3) is 0 Å². The Bertz CT molecular complexity index is 285. The predicted octanol–water partition coefficient (Wildman–Crippen LogP) is 4.04. The highest BCUT2D eigenvalue weighted by atomic mass is 16.3. The third kappa shape index (κ3) is 2.66. The van der Waals surface area contributed by atoms with E-state index >= 15 is 0 Å². The third-order valence-corrected chi connectivity index (χ3v) is 6.71. The molecule has 0 amide bonds. The Kier molecular flexibility index (Phi) is 4.72. The molecule has 116 valence electrons. The van der Waals surface area contributed by atoms with E-state index in [2.05, 4.69) is 0 Å². The largest absolute Gasteiger partial charge is 0.393 e. The van der Waals surface area contributed by atoms with Crippen LogP contribution in [0, 0.1) is 17.3 Å².